The lowest BCUT2D eigenvalue weighted by molar-refractivity contribution is 0.249. The first-order valence-electron chi connectivity index (χ1n) is 9.55. The Bertz CT molecular complexity index is 894. The summed E-state index contributed by atoms with van der Waals surface area (Å²) < 4.78 is 5.40. The summed E-state index contributed by atoms with van der Waals surface area (Å²) in [5.41, 5.74) is 2.25. The van der Waals surface area contributed by atoms with Gasteiger partial charge in [-0.1, -0.05) is 42.5 Å². The van der Waals surface area contributed by atoms with Gasteiger partial charge in [0.2, 0.25) is 0 Å². The molecule has 0 amide bonds. The van der Waals surface area contributed by atoms with Gasteiger partial charge >= 0.3 is 0 Å². The van der Waals surface area contributed by atoms with Gasteiger partial charge < -0.3 is 15.0 Å². The molecule has 0 aliphatic carbocycles. The SMILES string of the molecule is COc1ccccc1Nc1cc(N2CCN(Cc3ccccc3)CC2)ncn1. The monoisotopic (exact) mass is 375 g/mol. The second-order valence-electron chi connectivity index (χ2n) is 6.84. The van der Waals surface area contributed by atoms with Crippen molar-refractivity contribution in [3.63, 3.8) is 0 Å². The summed E-state index contributed by atoms with van der Waals surface area (Å²) in [5.74, 6) is 2.50. The third-order valence-electron chi connectivity index (χ3n) is 4.97. The van der Waals surface area contributed by atoms with E-state index in [0.29, 0.717) is 0 Å². The topological polar surface area (TPSA) is 53.5 Å². The highest BCUT2D eigenvalue weighted by atomic mass is 16.5. The third kappa shape index (κ3) is 4.40. The average molecular weight is 375 g/mol. The van der Waals surface area contributed by atoms with Crippen LogP contribution in [-0.2, 0) is 6.54 Å². The molecule has 1 N–H and O–H groups in total. The van der Waals surface area contributed by atoms with E-state index in [9.17, 15) is 0 Å². The number of piperazine rings is 1. The van der Waals surface area contributed by atoms with Crippen LogP contribution in [0.15, 0.2) is 67.0 Å². The number of hydrogen-bond donors (Lipinski definition) is 1. The predicted octanol–water partition coefficient (Wildman–Crippen LogP) is 3.55. The van der Waals surface area contributed by atoms with Crippen LogP contribution in [0.1, 0.15) is 5.56 Å². The van der Waals surface area contributed by atoms with E-state index in [1.807, 2.05) is 30.3 Å². The van der Waals surface area contributed by atoms with Crippen LogP contribution in [0.3, 0.4) is 0 Å². The molecule has 6 heteroatoms. The fraction of sp³-hybridized carbons (Fsp3) is 0.273. The van der Waals surface area contributed by atoms with Crippen molar-refractivity contribution in [3.05, 3.63) is 72.6 Å². The first-order chi connectivity index (χ1) is 13.8. The molecule has 2 aromatic carbocycles. The Hall–Kier alpha value is -3.12. The highest BCUT2D eigenvalue weighted by Gasteiger charge is 2.18. The van der Waals surface area contributed by atoms with Crippen LogP contribution in [0.2, 0.25) is 0 Å². The van der Waals surface area contributed by atoms with Gasteiger partial charge in [-0.25, -0.2) is 9.97 Å². The number of nitrogens with zero attached hydrogens (tertiary/aromatic N) is 4. The number of para-hydroxylation sites is 2. The molecule has 0 spiro atoms. The van der Waals surface area contributed by atoms with E-state index >= 15 is 0 Å². The number of anilines is 3. The first-order valence-corrected chi connectivity index (χ1v) is 9.55. The normalized spacial score (nSPS) is 14.7. The lowest BCUT2D eigenvalue weighted by Crippen LogP contribution is -2.46. The average Bonchev–Trinajstić information content (AvgIpc) is 2.76. The number of benzene rings is 2. The summed E-state index contributed by atoms with van der Waals surface area (Å²) in [6.45, 7) is 4.96. The van der Waals surface area contributed by atoms with E-state index < -0.39 is 0 Å². The minimum absolute atomic E-state index is 0.765. The van der Waals surface area contributed by atoms with E-state index in [2.05, 4.69) is 55.4 Å². The summed E-state index contributed by atoms with van der Waals surface area (Å²) in [4.78, 5) is 13.6. The Labute approximate surface area is 165 Å². The van der Waals surface area contributed by atoms with Crippen molar-refractivity contribution >= 4 is 17.3 Å². The molecule has 4 rings (SSSR count). The molecule has 1 aliphatic heterocycles. The van der Waals surface area contributed by atoms with Crippen LogP contribution in [-0.4, -0.2) is 48.2 Å². The highest BCUT2D eigenvalue weighted by Crippen LogP contribution is 2.27. The summed E-state index contributed by atoms with van der Waals surface area (Å²) in [6, 6.07) is 20.5. The minimum atomic E-state index is 0.765. The molecule has 1 saturated heterocycles. The molecule has 0 saturated carbocycles. The van der Waals surface area contributed by atoms with Crippen molar-refractivity contribution in [1.29, 1.82) is 0 Å². The molecule has 144 valence electrons. The van der Waals surface area contributed by atoms with E-state index in [4.69, 9.17) is 4.74 Å². The quantitative estimate of drug-likeness (QED) is 0.711. The molecule has 0 radical (unpaired) electrons. The lowest BCUT2D eigenvalue weighted by Gasteiger charge is -2.35. The number of nitrogens with one attached hydrogen (secondary N) is 1. The molecular formula is C22H25N5O. The van der Waals surface area contributed by atoms with Crippen molar-refractivity contribution in [2.45, 2.75) is 6.54 Å². The van der Waals surface area contributed by atoms with Gasteiger partial charge in [0, 0.05) is 38.8 Å². The Morgan fingerprint density at radius 2 is 1.68 bits per heavy atom. The molecule has 3 aromatic rings. The molecule has 1 fully saturated rings. The second-order valence-corrected chi connectivity index (χ2v) is 6.84. The maximum atomic E-state index is 5.40. The van der Waals surface area contributed by atoms with E-state index in [1.165, 1.54) is 5.56 Å². The van der Waals surface area contributed by atoms with Gasteiger partial charge in [-0.2, -0.15) is 0 Å². The van der Waals surface area contributed by atoms with Crippen molar-refractivity contribution in [2.24, 2.45) is 0 Å². The van der Waals surface area contributed by atoms with E-state index in [0.717, 1.165) is 55.8 Å². The molecule has 2 heterocycles. The maximum absolute atomic E-state index is 5.40. The zero-order chi connectivity index (χ0) is 19.2. The Kier molecular flexibility index (Phi) is 5.68. The highest BCUT2D eigenvalue weighted by molar-refractivity contribution is 5.65. The predicted molar refractivity (Wildman–Crippen MR) is 112 cm³/mol. The molecule has 0 atom stereocenters. The van der Waals surface area contributed by atoms with Gasteiger partial charge in [0.05, 0.1) is 12.8 Å². The van der Waals surface area contributed by atoms with Crippen molar-refractivity contribution in [1.82, 2.24) is 14.9 Å². The second kappa shape index (κ2) is 8.71. The summed E-state index contributed by atoms with van der Waals surface area (Å²) in [7, 11) is 1.67. The van der Waals surface area contributed by atoms with Crippen molar-refractivity contribution < 1.29 is 4.74 Å². The number of hydrogen-bond acceptors (Lipinski definition) is 6. The zero-order valence-corrected chi connectivity index (χ0v) is 16.1. The fourth-order valence-corrected chi connectivity index (χ4v) is 3.45. The molecule has 6 nitrogen and oxygen atoms in total. The standard InChI is InChI=1S/C22H25N5O/c1-28-20-10-6-5-9-19(20)25-21-15-22(24-17-23-21)27-13-11-26(12-14-27)16-18-7-3-2-4-8-18/h2-10,15,17H,11-14,16H2,1H3,(H,23,24,25). The van der Waals surface area contributed by atoms with Gasteiger partial charge in [0.1, 0.15) is 23.7 Å². The minimum Gasteiger partial charge on any atom is -0.495 e. The van der Waals surface area contributed by atoms with E-state index in [1.54, 1.807) is 13.4 Å². The summed E-state index contributed by atoms with van der Waals surface area (Å²) >= 11 is 0. The van der Waals surface area contributed by atoms with E-state index in [-0.39, 0.29) is 0 Å². The van der Waals surface area contributed by atoms with Crippen LogP contribution in [0.25, 0.3) is 0 Å². The van der Waals surface area contributed by atoms with Gasteiger partial charge in [-0.15, -0.1) is 0 Å². The molecule has 1 aliphatic rings. The Morgan fingerprint density at radius 3 is 2.46 bits per heavy atom. The number of aromatic nitrogens is 2. The van der Waals surface area contributed by atoms with Crippen molar-refractivity contribution in [3.8, 4) is 5.75 Å². The summed E-state index contributed by atoms with van der Waals surface area (Å²) in [6.07, 6.45) is 1.61. The molecular weight excluding hydrogens is 350 g/mol. The zero-order valence-electron chi connectivity index (χ0n) is 16.1. The third-order valence-corrected chi connectivity index (χ3v) is 4.97. The Morgan fingerprint density at radius 1 is 0.929 bits per heavy atom. The van der Waals surface area contributed by atoms with Crippen molar-refractivity contribution in [2.75, 3.05) is 43.5 Å². The van der Waals surface area contributed by atoms with Crippen LogP contribution >= 0.6 is 0 Å². The summed E-state index contributed by atoms with van der Waals surface area (Å²) in [5, 5.41) is 3.33. The van der Waals surface area contributed by atoms with Crippen LogP contribution in [0.4, 0.5) is 17.3 Å². The van der Waals surface area contributed by atoms with Crippen LogP contribution in [0, 0.1) is 0 Å². The smallest absolute Gasteiger partial charge is 0.142 e. The largest absolute Gasteiger partial charge is 0.495 e. The van der Waals surface area contributed by atoms with Gasteiger partial charge in [-0.3, -0.25) is 4.90 Å². The molecule has 0 bridgehead atoms. The van der Waals surface area contributed by atoms with Gasteiger partial charge in [-0.05, 0) is 17.7 Å². The number of methoxy groups -OCH3 is 1. The lowest BCUT2D eigenvalue weighted by atomic mass is 10.2. The Balaban J connectivity index is 1.38. The van der Waals surface area contributed by atoms with Crippen LogP contribution < -0.4 is 15.0 Å². The number of rotatable bonds is 6. The fourth-order valence-electron chi connectivity index (χ4n) is 3.45. The van der Waals surface area contributed by atoms with Crippen LogP contribution in [0.5, 0.6) is 5.75 Å². The molecule has 1 aromatic heterocycles. The molecule has 0 unspecified atom stereocenters. The van der Waals surface area contributed by atoms with Gasteiger partial charge in [0.15, 0.2) is 0 Å². The maximum Gasteiger partial charge on any atom is 0.142 e. The van der Waals surface area contributed by atoms with Gasteiger partial charge in [0.25, 0.3) is 0 Å². The number of ether oxygens (including phenoxy) is 1. The molecule has 28 heavy (non-hydrogen) atoms. The first kappa shape index (κ1) is 18.3.